The summed E-state index contributed by atoms with van der Waals surface area (Å²) in [5.74, 6) is 2.95. The molecule has 0 heterocycles. The Kier molecular flexibility index (Phi) is 1.60. The van der Waals surface area contributed by atoms with Gasteiger partial charge in [0.15, 0.2) is 0 Å². The fourth-order valence-electron chi connectivity index (χ4n) is 0.746. The van der Waals surface area contributed by atoms with Crippen molar-refractivity contribution in [1.82, 2.24) is 0 Å². The zero-order valence-corrected chi connectivity index (χ0v) is 5.09. The Morgan fingerprint density at radius 2 is 2.22 bits per heavy atom. The van der Waals surface area contributed by atoms with Crippen LogP contribution in [-0.2, 0) is 0 Å². The van der Waals surface area contributed by atoms with Crippen molar-refractivity contribution in [3.63, 3.8) is 0 Å². The van der Waals surface area contributed by atoms with Crippen molar-refractivity contribution in [1.29, 1.82) is 0 Å². The van der Waals surface area contributed by atoms with Crippen LogP contribution in [0.15, 0.2) is 23.5 Å². The van der Waals surface area contributed by atoms with Gasteiger partial charge in [-0.3, -0.25) is 0 Å². The highest BCUT2D eigenvalue weighted by molar-refractivity contribution is 5.33. The molecule has 1 nitrogen and oxygen atoms in total. The third-order valence-corrected chi connectivity index (χ3v) is 1.31. The van der Waals surface area contributed by atoms with Gasteiger partial charge in [0.1, 0.15) is 0 Å². The smallest absolute Gasteiger partial charge is 0.0926 e. The Labute approximate surface area is 54.7 Å². The van der Waals surface area contributed by atoms with Crippen LogP contribution in [-0.4, -0.2) is 5.11 Å². The molecule has 0 radical (unpaired) electrons. The molecule has 0 aromatic heterocycles. The van der Waals surface area contributed by atoms with Crippen LogP contribution in [0.1, 0.15) is 12.8 Å². The first-order valence-corrected chi connectivity index (χ1v) is 2.88. The van der Waals surface area contributed by atoms with E-state index in [0.717, 1.165) is 12.0 Å². The summed E-state index contributed by atoms with van der Waals surface area (Å²) >= 11 is 0. The number of terminal acetylenes is 1. The molecule has 1 rings (SSSR count). The van der Waals surface area contributed by atoms with Crippen molar-refractivity contribution in [2.45, 2.75) is 12.8 Å². The van der Waals surface area contributed by atoms with E-state index in [9.17, 15) is 0 Å². The number of aliphatic hydroxyl groups is 1. The van der Waals surface area contributed by atoms with Crippen LogP contribution >= 0.6 is 0 Å². The Balaban J connectivity index is 2.73. The summed E-state index contributed by atoms with van der Waals surface area (Å²) in [5.41, 5.74) is 0.966. The second kappa shape index (κ2) is 2.41. The summed E-state index contributed by atoms with van der Waals surface area (Å²) in [6, 6.07) is 0. The van der Waals surface area contributed by atoms with E-state index in [-0.39, 0.29) is 0 Å². The summed E-state index contributed by atoms with van der Waals surface area (Å²) in [7, 11) is 0. The van der Waals surface area contributed by atoms with Gasteiger partial charge in [0, 0.05) is 12.0 Å². The number of allylic oxidation sites excluding steroid dienone is 4. The number of hydrogen-bond acceptors (Lipinski definition) is 1. The summed E-state index contributed by atoms with van der Waals surface area (Å²) in [6.07, 6.45) is 10.0. The van der Waals surface area contributed by atoms with Crippen LogP contribution in [0, 0.1) is 12.3 Å². The van der Waals surface area contributed by atoms with Crippen LogP contribution in [0.3, 0.4) is 0 Å². The lowest BCUT2D eigenvalue weighted by molar-refractivity contribution is 0.386. The van der Waals surface area contributed by atoms with E-state index in [2.05, 4.69) is 5.92 Å². The van der Waals surface area contributed by atoms with E-state index < -0.39 is 0 Å². The van der Waals surface area contributed by atoms with E-state index in [1.54, 1.807) is 12.2 Å². The Morgan fingerprint density at radius 1 is 1.44 bits per heavy atom. The quantitative estimate of drug-likeness (QED) is 0.483. The molecule has 0 spiro atoms. The van der Waals surface area contributed by atoms with Gasteiger partial charge >= 0.3 is 0 Å². The van der Waals surface area contributed by atoms with E-state index in [4.69, 9.17) is 11.5 Å². The Bertz CT molecular complexity index is 203. The molecule has 0 bridgehead atoms. The molecule has 9 heavy (non-hydrogen) atoms. The largest absolute Gasteiger partial charge is 0.512 e. The van der Waals surface area contributed by atoms with E-state index in [1.807, 2.05) is 0 Å². The van der Waals surface area contributed by atoms with Crippen molar-refractivity contribution in [2.24, 2.45) is 0 Å². The van der Waals surface area contributed by atoms with Crippen LogP contribution in [0.25, 0.3) is 0 Å². The molecular weight excluding hydrogens is 112 g/mol. The van der Waals surface area contributed by atoms with E-state index in [0.29, 0.717) is 12.2 Å². The van der Waals surface area contributed by atoms with Gasteiger partial charge in [0.05, 0.1) is 5.76 Å². The van der Waals surface area contributed by atoms with E-state index >= 15 is 0 Å². The van der Waals surface area contributed by atoms with Crippen molar-refractivity contribution in [3.05, 3.63) is 23.5 Å². The summed E-state index contributed by atoms with van der Waals surface area (Å²) in [4.78, 5) is 0. The average Bonchev–Trinajstić information content (AvgIpc) is 1.90. The molecule has 0 aromatic carbocycles. The first-order valence-electron chi connectivity index (χ1n) is 2.88. The zero-order valence-electron chi connectivity index (χ0n) is 5.09. The van der Waals surface area contributed by atoms with Crippen molar-refractivity contribution in [2.75, 3.05) is 0 Å². The highest BCUT2D eigenvalue weighted by atomic mass is 16.3. The minimum Gasteiger partial charge on any atom is -0.512 e. The van der Waals surface area contributed by atoms with Gasteiger partial charge in [0.25, 0.3) is 0 Å². The Hall–Kier alpha value is -1.16. The monoisotopic (exact) mass is 120 g/mol. The van der Waals surface area contributed by atoms with Crippen molar-refractivity contribution >= 4 is 0 Å². The molecule has 0 saturated heterocycles. The van der Waals surface area contributed by atoms with Gasteiger partial charge in [-0.1, -0.05) is 5.92 Å². The number of rotatable bonds is 0. The molecule has 0 aliphatic heterocycles. The molecular formula is C8H8O. The average molecular weight is 120 g/mol. The van der Waals surface area contributed by atoms with Crippen molar-refractivity contribution < 1.29 is 5.11 Å². The molecule has 46 valence electrons. The van der Waals surface area contributed by atoms with Crippen LogP contribution < -0.4 is 0 Å². The maximum absolute atomic E-state index is 8.87. The first-order chi connectivity index (χ1) is 4.33. The second-order valence-corrected chi connectivity index (χ2v) is 1.99. The lowest BCUT2D eigenvalue weighted by Crippen LogP contribution is -1.89. The SMILES string of the molecule is C#CC1=CC=C(O)CC1. The second-order valence-electron chi connectivity index (χ2n) is 1.99. The third kappa shape index (κ3) is 1.36. The molecule has 0 saturated carbocycles. The molecule has 0 unspecified atom stereocenters. The van der Waals surface area contributed by atoms with Gasteiger partial charge < -0.3 is 5.11 Å². The highest BCUT2D eigenvalue weighted by Crippen LogP contribution is 2.14. The first kappa shape index (κ1) is 5.97. The van der Waals surface area contributed by atoms with Crippen LogP contribution in [0.4, 0.5) is 0 Å². The maximum Gasteiger partial charge on any atom is 0.0926 e. The van der Waals surface area contributed by atoms with Crippen molar-refractivity contribution in [3.8, 4) is 12.3 Å². The van der Waals surface area contributed by atoms with Gasteiger partial charge in [-0.05, 0) is 18.6 Å². The summed E-state index contributed by atoms with van der Waals surface area (Å²) in [5, 5.41) is 8.87. The van der Waals surface area contributed by atoms with E-state index in [1.165, 1.54) is 0 Å². The molecule has 1 heteroatoms. The van der Waals surface area contributed by atoms with Crippen LogP contribution in [0.5, 0.6) is 0 Å². The highest BCUT2D eigenvalue weighted by Gasteiger charge is 2.00. The molecule has 0 aromatic rings. The molecule has 0 amide bonds. The third-order valence-electron chi connectivity index (χ3n) is 1.31. The molecule has 1 aliphatic rings. The Morgan fingerprint density at radius 3 is 2.67 bits per heavy atom. The molecule has 0 fully saturated rings. The fraction of sp³-hybridized carbons (Fsp3) is 0.250. The number of hydrogen-bond donors (Lipinski definition) is 1. The minimum atomic E-state index is 0.425. The lowest BCUT2D eigenvalue weighted by atomic mass is 10.1. The molecule has 0 atom stereocenters. The summed E-state index contributed by atoms with van der Waals surface area (Å²) < 4.78 is 0. The zero-order chi connectivity index (χ0) is 6.69. The number of aliphatic hydroxyl groups excluding tert-OH is 1. The molecule has 1 aliphatic carbocycles. The standard InChI is InChI=1S/C8H8O/c1-2-7-3-5-8(9)6-4-7/h1,3,5,9H,4,6H2. The lowest BCUT2D eigenvalue weighted by Gasteiger charge is -2.03. The topological polar surface area (TPSA) is 20.2 Å². The van der Waals surface area contributed by atoms with Gasteiger partial charge in [-0.15, -0.1) is 6.42 Å². The normalized spacial score (nSPS) is 17.7. The molecule has 1 N–H and O–H groups in total. The van der Waals surface area contributed by atoms with Crippen LogP contribution in [0.2, 0.25) is 0 Å². The fourth-order valence-corrected chi connectivity index (χ4v) is 0.746. The van der Waals surface area contributed by atoms with Gasteiger partial charge in [0.2, 0.25) is 0 Å². The summed E-state index contributed by atoms with van der Waals surface area (Å²) in [6.45, 7) is 0. The van der Waals surface area contributed by atoms with Gasteiger partial charge in [-0.25, -0.2) is 0 Å². The van der Waals surface area contributed by atoms with Gasteiger partial charge in [-0.2, -0.15) is 0 Å². The maximum atomic E-state index is 8.87. The minimum absolute atomic E-state index is 0.425. The predicted molar refractivity (Wildman–Crippen MR) is 36.9 cm³/mol. The predicted octanol–water partition coefficient (Wildman–Crippen LogP) is 1.78.